The average molecular weight is 330 g/mol. The summed E-state index contributed by atoms with van der Waals surface area (Å²) in [5.41, 5.74) is 0.306. The lowest BCUT2D eigenvalue weighted by molar-refractivity contribution is -0.164. The van der Waals surface area contributed by atoms with Crippen LogP contribution in [0.3, 0.4) is 0 Å². The Morgan fingerprint density at radius 2 is 1.61 bits per heavy atom. The van der Waals surface area contributed by atoms with Crippen LogP contribution in [0.2, 0.25) is 0 Å². The standard InChI is InChI=1S/C9H16O3.C8H14O3/c1-3-5-6-7-9(11)12-8(10)4-2;1-4-5-7(9)11-8(10)6(2)3/h4,9,11H,2-3,5-7H2,1H3;7,9H,2,4-5H2,1,3H3. The summed E-state index contributed by atoms with van der Waals surface area (Å²) in [7, 11) is 0. The Morgan fingerprint density at radius 1 is 1.04 bits per heavy atom. The van der Waals surface area contributed by atoms with Crippen molar-refractivity contribution in [2.45, 2.75) is 71.9 Å². The topological polar surface area (TPSA) is 93.1 Å². The van der Waals surface area contributed by atoms with Gasteiger partial charge in [0, 0.05) is 24.5 Å². The van der Waals surface area contributed by atoms with Crippen molar-refractivity contribution in [3.8, 4) is 0 Å². The second-order valence-corrected chi connectivity index (χ2v) is 5.02. The highest BCUT2D eigenvalue weighted by molar-refractivity contribution is 5.86. The van der Waals surface area contributed by atoms with Gasteiger partial charge in [-0.1, -0.05) is 46.3 Å². The van der Waals surface area contributed by atoms with E-state index in [-0.39, 0.29) is 0 Å². The minimum Gasteiger partial charge on any atom is -0.433 e. The van der Waals surface area contributed by atoms with Gasteiger partial charge in [-0.25, -0.2) is 9.59 Å². The number of carbonyl (C=O) groups is 2. The lowest BCUT2D eigenvalue weighted by Gasteiger charge is -2.09. The molecule has 0 aliphatic rings. The molecule has 0 bridgehead atoms. The first-order valence-electron chi connectivity index (χ1n) is 7.84. The molecule has 0 saturated carbocycles. The first-order chi connectivity index (χ1) is 10.8. The fourth-order valence-electron chi connectivity index (χ4n) is 1.34. The van der Waals surface area contributed by atoms with E-state index < -0.39 is 24.5 Å². The minimum absolute atomic E-state index is 0.306. The summed E-state index contributed by atoms with van der Waals surface area (Å²) in [6, 6.07) is 0. The van der Waals surface area contributed by atoms with Gasteiger partial charge < -0.3 is 19.7 Å². The zero-order valence-electron chi connectivity index (χ0n) is 14.4. The lowest BCUT2D eigenvalue weighted by Crippen LogP contribution is -2.17. The summed E-state index contributed by atoms with van der Waals surface area (Å²) in [4.78, 5) is 21.3. The zero-order chi connectivity index (χ0) is 18.3. The van der Waals surface area contributed by atoms with Crippen molar-refractivity contribution in [2.75, 3.05) is 0 Å². The fraction of sp³-hybridized carbons (Fsp3) is 0.647. The molecule has 2 N–H and O–H groups in total. The molecule has 0 aromatic rings. The molecule has 0 aliphatic heterocycles. The van der Waals surface area contributed by atoms with Gasteiger partial charge in [-0.2, -0.15) is 0 Å². The van der Waals surface area contributed by atoms with E-state index in [4.69, 9.17) is 10.2 Å². The van der Waals surface area contributed by atoms with Crippen LogP contribution in [-0.2, 0) is 19.1 Å². The summed E-state index contributed by atoms with van der Waals surface area (Å²) in [5.74, 6) is -1.11. The molecule has 134 valence electrons. The van der Waals surface area contributed by atoms with Crippen molar-refractivity contribution in [2.24, 2.45) is 0 Å². The number of aliphatic hydroxyl groups is 2. The van der Waals surface area contributed by atoms with Gasteiger partial charge in [-0.3, -0.25) is 0 Å². The van der Waals surface area contributed by atoms with E-state index in [0.717, 1.165) is 31.8 Å². The van der Waals surface area contributed by atoms with Gasteiger partial charge in [-0.05, 0) is 13.3 Å². The van der Waals surface area contributed by atoms with Gasteiger partial charge in [0.1, 0.15) is 0 Å². The Bertz CT molecular complexity index is 364. The number of carbonyl (C=O) groups excluding carboxylic acids is 2. The molecule has 0 amide bonds. The predicted octanol–water partition coefficient (Wildman–Crippen LogP) is 2.84. The largest absolute Gasteiger partial charge is 0.433 e. The van der Waals surface area contributed by atoms with E-state index in [9.17, 15) is 9.59 Å². The van der Waals surface area contributed by atoms with Crippen LogP contribution < -0.4 is 0 Å². The number of ether oxygens (including phenoxy) is 2. The van der Waals surface area contributed by atoms with Gasteiger partial charge in [0.2, 0.25) is 12.6 Å². The summed E-state index contributed by atoms with van der Waals surface area (Å²) < 4.78 is 9.11. The van der Waals surface area contributed by atoms with Crippen LogP contribution in [-0.4, -0.2) is 34.7 Å². The van der Waals surface area contributed by atoms with Crippen molar-refractivity contribution in [3.05, 3.63) is 24.8 Å². The molecule has 23 heavy (non-hydrogen) atoms. The third kappa shape index (κ3) is 16.5. The monoisotopic (exact) mass is 330 g/mol. The molecule has 2 unspecified atom stereocenters. The fourth-order valence-corrected chi connectivity index (χ4v) is 1.34. The number of esters is 2. The molecule has 0 aromatic carbocycles. The van der Waals surface area contributed by atoms with Gasteiger partial charge in [-0.15, -0.1) is 0 Å². The molecule has 0 aromatic heterocycles. The molecule has 2 atom stereocenters. The number of hydrogen-bond donors (Lipinski definition) is 2. The van der Waals surface area contributed by atoms with Crippen LogP contribution in [0.4, 0.5) is 0 Å². The van der Waals surface area contributed by atoms with Gasteiger partial charge >= 0.3 is 11.9 Å². The molecule has 0 heterocycles. The molecular weight excluding hydrogens is 300 g/mol. The summed E-state index contributed by atoms with van der Waals surface area (Å²) in [6.45, 7) is 12.1. The van der Waals surface area contributed by atoms with Gasteiger partial charge in [0.15, 0.2) is 0 Å². The number of rotatable bonds is 10. The molecule has 6 nitrogen and oxygen atoms in total. The molecule has 0 saturated heterocycles. The first kappa shape index (κ1) is 23.6. The van der Waals surface area contributed by atoms with Crippen LogP contribution in [0, 0.1) is 0 Å². The molecular formula is C17H30O6. The van der Waals surface area contributed by atoms with Crippen LogP contribution in [0.15, 0.2) is 24.8 Å². The summed E-state index contributed by atoms with van der Waals surface area (Å²) >= 11 is 0. The molecule has 0 fully saturated rings. The Kier molecular flexibility index (Phi) is 15.6. The van der Waals surface area contributed by atoms with E-state index in [0.29, 0.717) is 18.4 Å². The maximum atomic E-state index is 10.7. The quantitative estimate of drug-likeness (QED) is 0.277. The lowest BCUT2D eigenvalue weighted by atomic mass is 10.2. The normalized spacial score (nSPS) is 12.2. The van der Waals surface area contributed by atoms with Crippen LogP contribution in [0.5, 0.6) is 0 Å². The smallest absolute Gasteiger partial charge is 0.335 e. The van der Waals surface area contributed by atoms with Crippen molar-refractivity contribution < 1.29 is 29.3 Å². The minimum atomic E-state index is -0.982. The number of aliphatic hydroxyl groups excluding tert-OH is 2. The number of unbranched alkanes of at least 4 members (excludes halogenated alkanes) is 2. The molecule has 0 spiro atoms. The maximum Gasteiger partial charge on any atom is 0.335 e. The van der Waals surface area contributed by atoms with E-state index in [2.05, 4.69) is 29.6 Å². The van der Waals surface area contributed by atoms with Gasteiger partial charge in [0.25, 0.3) is 0 Å². The Balaban J connectivity index is 0. The maximum absolute atomic E-state index is 10.7. The molecule has 0 rings (SSSR count). The van der Waals surface area contributed by atoms with E-state index in [1.165, 1.54) is 0 Å². The van der Waals surface area contributed by atoms with E-state index in [1.807, 2.05) is 6.92 Å². The molecule has 0 aliphatic carbocycles. The second kappa shape index (κ2) is 15.2. The average Bonchev–Trinajstić information content (AvgIpc) is 2.48. The van der Waals surface area contributed by atoms with Crippen molar-refractivity contribution in [1.29, 1.82) is 0 Å². The summed E-state index contributed by atoms with van der Waals surface area (Å²) in [6.07, 6.45) is 3.86. The first-order valence-corrected chi connectivity index (χ1v) is 7.84. The molecule has 0 radical (unpaired) electrons. The highest BCUT2D eigenvalue weighted by Crippen LogP contribution is 2.04. The highest BCUT2D eigenvalue weighted by Gasteiger charge is 2.09. The highest BCUT2D eigenvalue weighted by atomic mass is 16.6. The van der Waals surface area contributed by atoms with Crippen LogP contribution in [0.1, 0.15) is 59.3 Å². The number of hydrogen-bond acceptors (Lipinski definition) is 6. The van der Waals surface area contributed by atoms with E-state index >= 15 is 0 Å². The zero-order valence-corrected chi connectivity index (χ0v) is 14.4. The Hall–Kier alpha value is -1.66. The predicted molar refractivity (Wildman–Crippen MR) is 88.3 cm³/mol. The molecule has 6 heteroatoms. The van der Waals surface area contributed by atoms with Gasteiger partial charge in [0.05, 0.1) is 0 Å². The summed E-state index contributed by atoms with van der Waals surface area (Å²) in [5, 5.41) is 18.1. The van der Waals surface area contributed by atoms with Crippen molar-refractivity contribution >= 4 is 11.9 Å². The SMILES string of the molecule is C=C(C)C(=O)OC(O)CCC.C=CC(=O)OC(O)CCCCC. The Morgan fingerprint density at radius 3 is 2.04 bits per heavy atom. The van der Waals surface area contributed by atoms with Crippen LogP contribution >= 0.6 is 0 Å². The van der Waals surface area contributed by atoms with Crippen molar-refractivity contribution in [1.82, 2.24) is 0 Å². The third-order valence-corrected chi connectivity index (χ3v) is 2.60. The van der Waals surface area contributed by atoms with Crippen LogP contribution in [0.25, 0.3) is 0 Å². The second-order valence-electron chi connectivity index (χ2n) is 5.02. The van der Waals surface area contributed by atoms with Crippen molar-refractivity contribution in [3.63, 3.8) is 0 Å². The van der Waals surface area contributed by atoms with E-state index in [1.54, 1.807) is 6.92 Å². The Labute approximate surface area is 138 Å². The third-order valence-electron chi connectivity index (χ3n) is 2.60.